The monoisotopic (exact) mass is 1390 g/mol. The fourth-order valence-corrected chi connectivity index (χ4v) is 11.9. The molecule has 9 heterocycles. The van der Waals surface area contributed by atoms with Crippen LogP contribution in [-0.2, 0) is 67.4 Å². The Balaban J connectivity index is 0.000000171. The van der Waals surface area contributed by atoms with Gasteiger partial charge < -0.3 is 68.0 Å². The van der Waals surface area contributed by atoms with Crippen molar-refractivity contribution in [2.75, 3.05) is 73.0 Å². The molecule has 0 bridgehead atoms. The van der Waals surface area contributed by atoms with Crippen LogP contribution in [0.15, 0.2) is 146 Å². The van der Waals surface area contributed by atoms with Gasteiger partial charge in [0.1, 0.15) is 47.7 Å². The summed E-state index contributed by atoms with van der Waals surface area (Å²) in [5.74, 6) is 4.96. The SMILES string of the molecule is C.CC1(C)OB(c2ccc(Nc3cccc(OCc4ccccc4)n3)cc2)OC1(C)C.C[C@H]1COCCN1c1nc(-c2ccc(Nc3cccc(OCc4ccccc4)n3)cc2)nc2c1CCN(C(=O)OC(C)(C)C)C2.C[C@H]1COCCN1c1nc(Cl)nc2c1CCN(C(=O)OC(C)(C)C)C2. The molecule has 0 unspecified atom stereocenters. The lowest BCUT2D eigenvalue weighted by atomic mass is 9.79. The largest absolute Gasteiger partial charge is 0.494 e. The Kier molecular flexibility index (Phi) is 24.1. The molecular formula is C77H96BClN12O10. The molecule has 0 aliphatic carbocycles. The van der Waals surface area contributed by atoms with Crippen LogP contribution in [0.1, 0.15) is 124 Å². The number of amides is 2. The highest BCUT2D eigenvalue weighted by atomic mass is 35.5. The van der Waals surface area contributed by atoms with Gasteiger partial charge in [-0.25, -0.2) is 29.5 Å². The number of aromatic nitrogens is 6. The minimum Gasteiger partial charge on any atom is -0.473 e. The van der Waals surface area contributed by atoms with E-state index in [1.165, 1.54) is 0 Å². The van der Waals surface area contributed by atoms with Crippen molar-refractivity contribution in [2.45, 2.75) is 164 Å². The van der Waals surface area contributed by atoms with Crippen molar-refractivity contribution in [3.8, 4) is 23.1 Å². The fraction of sp³-hybridized carbons (Fsp3) is 0.429. The van der Waals surface area contributed by atoms with Gasteiger partial charge in [-0.15, -0.1) is 0 Å². The number of rotatable bonds is 14. The summed E-state index contributed by atoms with van der Waals surface area (Å²) >= 11 is 6.17. The number of benzene rings is 4. The highest BCUT2D eigenvalue weighted by Crippen LogP contribution is 2.38. The normalized spacial score (nSPS) is 17.7. The number of carbonyl (C=O) groups is 2. The zero-order valence-electron chi connectivity index (χ0n) is 59.4. The van der Waals surface area contributed by atoms with E-state index in [1.54, 1.807) is 9.80 Å². The van der Waals surface area contributed by atoms with Gasteiger partial charge in [-0.3, -0.25) is 0 Å². The number of pyridine rings is 2. The van der Waals surface area contributed by atoms with Crippen molar-refractivity contribution in [1.82, 2.24) is 39.7 Å². The molecule has 5 aliphatic rings. The summed E-state index contributed by atoms with van der Waals surface area (Å²) in [5, 5.41) is 6.89. The zero-order valence-corrected chi connectivity index (χ0v) is 60.2. The molecule has 534 valence electrons. The molecule has 0 radical (unpaired) electrons. The minimum absolute atomic E-state index is 0. The highest BCUT2D eigenvalue weighted by Gasteiger charge is 2.51. The Morgan fingerprint density at radius 3 is 1.43 bits per heavy atom. The van der Waals surface area contributed by atoms with Gasteiger partial charge in [0.15, 0.2) is 5.82 Å². The van der Waals surface area contributed by atoms with Gasteiger partial charge in [0.05, 0.1) is 74.2 Å². The van der Waals surface area contributed by atoms with Gasteiger partial charge in [-0.05, 0) is 173 Å². The second-order valence-corrected chi connectivity index (χ2v) is 28.7. The number of morpholine rings is 2. The van der Waals surface area contributed by atoms with E-state index in [0.29, 0.717) is 102 Å². The number of carbonyl (C=O) groups excluding carboxylic acids is 2. The number of nitrogens with one attached hydrogen (secondary N) is 2. The van der Waals surface area contributed by atoms with Crippen molar-refractivity contribution >= 4 is 71.0 Å². The summed E-state index contributed by atoms with van der Waals surface area (Å²) in [6.45, 7) is 30.7. The molecule has 22 nitrogen and oxygen atoms in total. The maximum absolute atomic E-state index is 12.9. The van der Waals surface area contributed by atoms with Gasteiger partial charge in [-0.1, -0.05) is 92.4 Å². The van der Waals surface area contributed by atoms with E-state index < -0.39 is 11.2 Å². The van der Waals surface area contributed by atoms with Crippen LogP contribution in [0.3, 0.4) is 0 Å². The third-order valence-electron chi connectivity index (χ3n) is 17.7. The smallest absolute Gasteiger partial charge is 0.473 e. The summed E-state index contributed by atoms with van der Waals surface area (Å²) in [5.41, 5.74) is 7.90. The maximum Gasteiger partial charge on any atom is 0.494 e. The molecular weight excluding hydrogens is 1300 g/mol. The number of hydrogen-bond donors (Lipinski definition) is 2. The summed E-state index contributed by atoms with van der Waals surface area (Å²) in [7, 11) is -0.364. The molecule has 0 spiro atoms. The van der Waals surface area contributed by atoms with E-state index in [2.05, 4.69) is 81.9 Å². The lowest BCUT2D eigenvalue weighted by molar-refractivity contribution is 0.00578. The summed E-state index contributed by atoms with van der Waals surface area (Å²) in [4.78, 5) is 61.3. The third kappa shape index (κ3) is 19.9. The second-order valence-electron chi connectivity index (χ2n) is 28.4. The van der Waals surface area contributed by atoms with Crippen LogP contribution in [0, 0.1) is 0 Å². The Morgan fingerprint density at radius 2 is 0.980 bits per heavy atom. The molecule has 2 atom stereocenters. The number of ether oxygens (including phenoxy) is 6. The number of nitrogens with zero attached hydrogens (tertiary/aromatic N) is 10. The van der Waals surface area contributed by atoms with E-state index in [-0.39, 0.29) is 55.3 Å². The maximum atomic E-state index is 12.9. The van der Waals surface area contributed by atoms with Crippen molar-refractivity contribution in [3.05, 3.63) is 185 Å². The molecule has 3 saturated heterocycles. The second kappa shape index (κ2) is 32.7. The van der Waals surface area contributed by atoms with Crippen LogP contribution in [0.25, 0.3) is 11.4 Å². The first-order chi connectivity index (χ1) is 47.8. The molecule has 0 saturated carbocycles. The van der Waals surface area contributed by atoms with Gasteiger partial charge in [0, 0.05) is 66.4 Å². The van der Waals surface area contributed by atoms with E-state index in [1.807, 2.05) is 187 Å². The fourth-order valence-electron chi connectivity index (χ4n) is 11.7. The molecule has 3 fully saturated rings. The van der Waals surface area contributed by atoms with Crippen molar-refractivity contribution in [3.63, 3.8) is 0 Å². The molecule has 8 aromatic rings. The van der Waals surface area contributed by atoms with Crippen LogP contribution in [0.4, 0.5) is 44.2 Å². The van der Waals surface area contributed by atoms with E-state index >= 15 is 0 Å². The number of fused-ring (bicyclic) bond motifs is 2. The minimum atomic E-state index is -0.565. The Hall–Kier alpha value is -9.13. The van der Waals surface area contributed by atoms with Crippen LogP contribution in [0.5, 0.6) is 11.8 Å². The average Bonchev–Trinajstić information content (AvgIpc) is 1.67. The van der Waals surface area contributed by atoms with E-state index in [4.69, 9.17) is 59.3 Å². The summed E-state index contributed by atoms with van der Waals surface area (Å²) in [6.07, 6.45) is 0.700. The van der Waals surface area contributed by atoms with Gasteiger partial charge >= 0.3 is 19.3 Å². The van der Waals surface area contributed by atoms with Crippen LogP contribution >= 0.6 is 11.6 Å². The number of anilines is 6. The average molecular weight is 1400 g/mol. The highest BCUT2D eigenvalue weighted by molar-refractivity contribution is 6.62. The standard InChI is InChI=1S/C35H40N6O4.C24H27BN2O3.C17H25ClN4O3.CH4/c1-24-22-43-20-19-41(24)33-28-17-18-40(34(42)45-35(2,3)4)21-29(28)37-32(39-33)26-13-15-27(16-14-26)36-30-11-8-12-31(38-30)44-23-25-9-6-5-7-10-25;1-23(2)24(3,4)30-25(29-23)19-13-15-20(16-14-19)26-21-11-8-12-22(27-21)28-17-18-9-6-5-7-10-18;1-11-10-24-8-7-22(11)14-12-5-6-21(16(23)25-17(2,3)4)9-13(12)19-15(18)20-14;/h5-16,24H,17-23H2,1-4H3,(H,36,38);5-16H,17H2,1-4H3,(H,26,27);11H,5-10H2,1-4H3;1H4/t24-;;11-;/m0.0./s1. The van der Waals surface area contributed by atoms with Gasteiger partial charge in [0.25, 0.3) is 0 Å². The van der Waals surface area contributed by atoms with Gasteiger partial charge in [0.2, 0.25) is 17.0 Å². The molecule has 24 heteroatoms. The predicted octanol–water partition coefficient (Wildman–Crippen LogP) is 14.4. The Labute approximate surface area is 599 Å². The number of hydrogen-bond acceptors (Lipinski definition) is 20. The van der Waals surface area contributed by atoms with E-state index in [0.717, 1.165) is 86.6 Å². The van der Waals surface area contributed by atoms with Crippen molar-refractivity contribution in [1.29, 1.82) is 0 Å². The zero-order chi connectivity index (χ0) is 70.8. The first kappa shape index (κ1) is 74.6. The molecule has 5 aliphatic heterocycles. The molecule has 4 aromatic carbocycles. The molecule has 101 heavy (non-hydrogen) atoms. The molecule has 2 amide bonds. The molecule has 13 rings (SSSR count). The first-order valence-electron chi connectivity index (χ1n) is 34.3. The molecule has 4 aromatic heterocycles. The lowest BCUT2D eigenvalue weighted by Gasteiger charge is -2.38. The predicted molar refractivity (Wildman–Crippen MR) is 396 cm³/mol. The lowest BCUT2D eigenvalue weighted by Crippen LogP contribution is -2.46. The first-order valence-corrected chi connectivity index (χ1v) is 34.6. The van der Waals surface area contributed by atoms with Crippen LogP contribution < -0.4 is 35.4 Å². The van der Waals surface area contributed by atoms with Crippen LogP contribution in [0.2, 0.25) is 5.28 Å². The Morgan fingerprint density at radius 1 is 0.545 bits per heavy atom. The van der Waals surface area contributed by atoms with Gasteiger partial charge in [-0.2, -0.15) is 9.97 Å². The van der Waals surface area contributed by atoms with Crippen LogP contribution in [-0.4, -0.2) is 146 Å². The summed E-state index contributed by atoms with van der Waals surface area (Å²) in [6, 6.07) is 47.8. The Bertz CT molecular complexity index is 4060. The third-order valence-corrected chi connectivity index (χ3v) is 17.8. The van der Waals surface area contributed by atoms with E-state index in [9.17, 15) is 9.59 Å². The van der Waals surface area contributed by atoms with Crippen molar-refractivity contribution in [2.24, 2.45) is 0 Å². The topological polar surface area (TPSA) is 222 Å². The number of halogens is 1. The summed E-state index contributed by atoms with van der Waals surface area (Å²) < 4.78 is 46.3. The van der Waals surface area contributed by atoms with Crippen molar-refractivity contribution < 1.29 is 47.3 Å². The molecule has 2 N–H and O–H groups in total. The quantitative estimate of drug-likeness (QED) is 0.0763.